The van der Waals surface area contributed by atoms with E-state index in [1.165, 1.54) is 12.8 Å². The molecule has 5 aromatic rings. The van der Waals surface area contributed by atoms with Crippen molar-refractivity contribution < 1.29 is 0 Å². The van der Waals surface area contributed by atoms with Crippen LogP contribution in [0.5, 0.6) is 0 Å². The Morgan fingerprint density at radius 3 is 2.65 bits per heavy atom. The first-order chi connectivity index (χ1) is 16.6. The molecule has 0 saturated carbocycles. The molecule has 0 unspecified atom stereocenters. The molecule has 1 aliphatic heterocycles. The van der Waals surface area contributed by atoms with Gasteiger partial charge >= 0.3 is 0 Å². The Morgan fingerprint density at radius 1 is 0.912 bits per heavy atom. The van der Waals surface area contributed by atoms with Crippen LogP contribution in [0.25, 0.3) is 27.7 Å². The van der Waals surface area contributed by atoms with E-state index in [0.29, 0.717) is 11.9 Å². The fraction of sp³-hybridized carbons (Fsp3) is 0.269. The first-order valence-electron chi connectivity index (χ1n) is 11.7. The van der Waals surface area contributed by atoms with Crippen molar-refractivity contribution in [2.24, 2.45) is 0 Å². The lowest BCUT2D eigenvalue weighted by atomic mass is 10.1. The van der Waals surface area contributed by atoms with Gasteiger partial charge in [0.25, 0.3) is 0 Å². The van der Waals surface area contributed by atoms with Crippen molar-refractivity contribution in [1.29, 1.82) is 0 Å². The average Bonchev–Trinajstić information content (AvgIpc) is 3.54. The van der Waals surface area contributed by atoms with E-state index in [0.717, 1.165) is 58.2 Å². The van der Waals surface area contributed by atoms with Crippen molar-refractivity contribution >= 4 is 34.0 Å². The summed E-state index contributed by atoms with van der Waals surface area (Å²) in [6.07, 6.45) is 10.0. The SMILES string of the molecule is CC(C)c1ncc2ccc(Nc3nccc(-c4ccc5nc(N6CCCC6)ncc5c4)n3)cn12. The largest absolute Gasteiger partial charge is 0.341 e. The first kappa shape index (κ1) is 20.5. The number of fused-ring (bicyclic) bond motifs is 2. The predicted octanol–water partition coefficient (Wildman–Crippen LogP) is 5.20. The van der Waals surface area contributed by atoms with Gasteiger partial charge in [-0.05, 0) is 43.2 Å². The van der Waals surface area contributed by atoms with Crippen LogP contribution in [-0.4, -0.2) is 42.4 Å². The maximum atomic E-state index is 4.77. The van der Waals surface area contributed by atoms with E-state index >= 15 is 0 Å². The number of benzene rings is 1. The van der Waals surface area contributed by atoms with Crippen LogP contribution in [0, 0.1) is 0 Å². The molecule has 170 valence electrons. The molecule has 0 amide bonds. The van der Waals surface area contributed by atoms with Gasteiger partial charge in [-0.2, -0.15) is 0 Å². The van der Waals surface area contributed by atoms with E-state index < -0.39 is 0 Å². The molecule has 8 heteroatoms. The minimum absolute atomic E-state index is 0.334. The zero-order chi connectivity index (χ0) is 23.1. The summed E-state index contributed by atoms with van der Waals surface area (Å²) in [6, 6.07) is 12.2. The Kier molecular flexibility index (Phi) is 5.05. The second-order valence-corrected chi connectivity index (χ2v) is 9.01. The van der Waals surface area contributed by atoms with E-state index in [2.05, 4.69) is 55.5 Å². The normalized spacial score (nSPS) is 13.9. The molecule has 1 fully saturated rings. The van der Waals surface area contributed by atoms with Gasteiger partial charge in [0.1, 0.15) is 5.82 Å². The lowest BCUT2D eigenvalue weighted by Gasteiger charge is -2.15. The van der Waals surface area contributed by atoms with Gasteiger partial charge in [-0.25, -0.2) is 24.9 Å². The highest BCUT2D eigenvalue weighted by atomic mass is 15.3. The molecule has 0 aliphatic carbocycles. The molecule has 1 N–H and O–H groups in total. The maximum absolute atomic E-state index is 4.77. The highest BCUT2D eigenvalue weighted by Crippen LogP contribution is 2.26. The Labute approximate surface area is 197 Å². The molecule has 4 aromatic heterocycles. The van der Waals surface area contributed by atoms with Crippen LogP contribution in [-0.2, 0) is 0 Å². The van der Waals surface area contributed by atoms with E-state index in [4.69, 9.17) is 9.97 Å². The molecule has 1 aliphatic rings. The Hall–Kier alpha value is -4.07. The van der Waals surface area contributed by atoms with Crippen LogP contribution in [0.2, 0.25) is 0 Å². The van der Waals surface area contributed by atoms with Crippen molar-refractivity contribution in [2.75, 3.05) is 23.3 Å². The molecular formula is C26H26N8. The average molecular weight is 451 g/mol. The number of pyridine rings is 1. The van der Waals surface area contributed by atoms with Crippen molar-refractivity contribution in [1.82, 2.24) is 29.3 Å². The number of aromatic nitrogens is 6. The van der Waals surface area contributed by atoms with Crippen LogP contribution in [0.3, 0.4) is 0 Å². The summed E-state index contributed by atoms with van der Waals surface area (Å²) in [7, 11) is 0. The van der Waals surface area contributed by atoms with Gasteiger partial charge in [0, 0.05) is 48.5 Å². The molecule has 0 radical (unpaired) electrons. The topological polar surface area (TPSA) is 84.1 Å². The van der Waals surface area contributed by atoms with Gasteiger partial charge in [0.05, 0.1) is 28.6 Å². The number of hydrogen-bond acceptors (Lipinski definition) is 7. The van der Waals surface area contributed by atoms with Gasteiger partial charge in [-0.15, -0.1) is 0 Å². The summed E-state index contributed by atoms with van der Waals surface area (Å²) in [5.41, 5.74) is 4.76. The smallest absolute Gasteiger partial charge is 0.227 e. The molecule has 6 rings (SSSR count). The van der Waals surface area contributed by atoms with Crippen LogP contribution >= 0.6 is 0 Å². The van der Waals surface area contributed by atoms with Gasteiger partial charge in [0.15, 0.2) is 0 Å². The van der Waals surface area contributed by atoms with Crippen LogP contribution < -0.4 is 10.2 Å². The molecular weight excluding hydrogens is 424 g/mol. The fourth-order valence-corrected chi connectivity index (χ4v) is 4.47. The highest BCUT2D eigenvalue weighted by Gasteiger charge is 2.15. The third-order valence-electron chi connectivity index (χ3n) is 6.24. The van der Waals surface area contributed by atoms with Gasteiger partial charge < -0.3 is 14.6 Å². The standard InChI is InChI=1S/C26H26N8/c1-17(2)24-28-15-21-7-6-20(16-34(21)24)30-25-27-10-9-23(31-25)18-5-8-22-19(13-18)14-29-26(32-22)33-11-3-4-12-33/h5-10,13-17H,3-4,11-12H2,1-2H3,(H,27,30,31). The minimum Gasteiger partial charge on any atom is -0.341 e. The Bertz CT molecular complexity index is 1480. The Balaban J connectivity index is 1.28. The van der Waals surface area contributed by atoms with Gasteiger partial charge in [-0.3, -0.25) is 0 Å². The van der Waals surface area contributed by atoms with Gasteiger partial charge in [0.2, 0.25) is 11.9 Å². The van der Waals surface area contributed by atoms with Crippen LogP contribution in [0.1, 0.15) is 38.4 Å². The van der Waals surface area contributed by atoms with Crippen molar-refractivity contribution in [3.8, 4) is 11.3 Å². The van der Waals surface area contributed by atoms with Crippen molar-refractivity contribution in [3.63, 3.8) is 0 Å². The fourth-order valence-electron chi connectivity index (χ4n) is 4.47. The van der Waals surface area contributed by atoms with Gasteiger partial charge in [-0.1, -0.05) is 19.9 Å². The zero-order valence-corrected chi connectivity index (χ0v) is 19.3. The lowest BCUT2D eigenvalue weighted by molar-refractivity contribution is 0.770. The summed E-state index contributed by atoms with van der Waals surface area (Å²) in [5.74, 6) is 2.73. The van der Waals surface area contributed by atoms with E-state index in [9.17, 15) is 0 Å². The van der Waals surface area contributed by atoms with E-state index in [1.54, 1.807) is 6.20 Å². The second-order valence-electron chi connectivity index (χ2n) is 9.01. The summed E-state index contributed by atoms with van der Waals surface area (Å²) >= 11 is 0. The van der Waals surface area contributed by atoms with Crippen LogP contribution in [0.15, 0.2) is 61.2 Å². The third-order valence-corrected chi connectivity index (χ3v) is 6.24. The highest BCUT2D eigenvalue weighted by molar-refractivity contribution is 5.84. The first-order valence-corrected chi connectivity index (χ1v) is 11.7. The number of anilines is 3. The summed E-state index contributed by atoms with van der Waals surface area (Å²) in [5, 5.41) is 4.34. The molecule has 34 heavy (non-hydrogen) atoms. The summed E-state index contributed by atoms with van der Waals surface area (Å²) < 4.78 is 2.11. The molecule has 0 spiro atoms. The van der Waals surface area contributed by atoms with Crippen molar-refractivity contribution in [2.45, 2.75) is 32.6 Å². The number of rotatable bonds is 5. The number of nitrogens with zero attached hydrogens (tertiary/aromatic N) is 7. The molecule has 0 atom stereocenters. The maximum Gasteiger partial charge on any atom is 0.227 e. The molecule has 8 nitrogen and oxygen atoms in total. The quantitative estimate of drug-likeness (QED) is 0.394. The van der Waals surface area contributed by atoms with Crippen LogP contribution in [0.4, 0.5) is 17.6 Å². The zero-order valence-electron chi connectivity index (χ0n) is 19.3. The molecule has 1 saturated heterocycles. The minimum atomic E-state index is 0.334. The number of imidazole rings is 1. The van der Waals surface area contributed by atoms with E-state index in [-0.39, 0.29) is 0 Å². The third kappa shape index (κ3) is 3.81. The molecule has 0 bridgehead atoms. The molecule has 5 heterocycles. The number of nitrogens with one attached hydrogen (secondary N) is 1. The lowest BCUT2D eigenvalue weighted by Crippen LogP contribution is -2.20. The second kappa shape index (κ2) is 8.37. The Morgan fingerprint density at radius 2 is 1.79 bits per heavy atom. The monoisotopic (exact) mass is 450 g/mol. The van der Waals surface area contributed by atoms with E-state index in [1.807, 2.05) is 42.9 Å². The summed E-state index contributed by atoms with van der Waals surface area (Å²) in [4.78, 5) is 25.3. The van der Waals surface area contributed by atoms with Crippen molar-refractivity contribution in [3.05, 3.63) is 67.0 Å². The summed E-state index contributed by atoms with van der Waals surface area (Å²) in [6.45, 7) is 6.35. The number of hydrogen-bond donors (Lipinski definition) is 1. The molecule has 1 aromatic carbocycles. The predicted molar refractivity (Wildman–Crippen MR) is 135 cm³/mol.